The summed E-state index contributed by atoms with van der Waals surface area (Å²) in [5.41, 5.74) is 2.06. The monoisotopic (exact) mass is 713 g/mol. The number of methoxy groups -OCH3 is 3. The molecule has 3 heterocycles. The second-order valence-electron chi connectivity index (χ2n) is 12.4. The molecule has 3 aliphatic heterocycles. The Hall–Kier alpha value is -4.78. The van der Waals surface area contributed by atoms with Crippen molar-refractivity contribution in [1.82, 2.24) is 15.5 Å². The molecule has 4 N–H and O–H groups in total. The maximum absolute atomic E-state index is 14.1. The Morgan fingerprint density at radius 2 is 1.20 bits per heavy atom. The minimum atomic E-state index is -1.26. The Balaban J connectivity index is 1.61. The first-order valence-corrected chi connectivity index (χ1v) is 17.2. The van der Waals surface area contributed by atoms with Crippen LogP contribution in [0.15, 0.2) is 89.4 Å². The van der Waals surface area contributed by atoms with Gasteiger partial charge < -0.3 is 35.1 Å². The van der Waals surface area contributed by atoms with Crippen LogP contribution < -0.4 is 24.8 Å². The van der Waals surface area contributed by atoms with E-state index in [2.05, 4.69) is 15.5 Å². The molecule has 2 atom stereocenters. The summed E-state index contributed by atoms with van der Waals surface area (Å²) in [6.07, 6.45) is 3.34. The third-order valence-corrected chi connectivity index (χ3v) is 10.2. The zero-order valence-corrected chi connectivity index (χ0v) is 29.7. The van der Waals surface area contributed by atoms with Crippen LogP contribution in [0.5, 0.6) is 17.2 Å². The average molecular weight is 714 g/mol. The Bertz CT molecular complexity index is 1820. The molecule has 1 saturated heterocycles. The number of ether oxygens (including phenoxy) is 3. The van der Waals surface area contributed by atoms with Gasteiger partial charge in [-0.15, -0.1) is 0 Å². The van der Waals surface area contributed by atoms with Gasteiger partial charge in [-0.05, 0) is 55.8 Å². The molecule has 1 fully saturated rings. The molecule has 50 heavy (non-hydrogen) atoms. The molecular formula is C38H39N3O7S2. The summed E-state index contributed by atoms with van der Waals surface area (Å²) in [6.45, 7) is 2.42. The van der Waals surface area contributed by atoms with Crippen molar-refractivity contribution in [2.24, 2.45) is 0 Å². The van der Waals surface area contributed by atoms with Crippen LogP contribution in [0.4, 0.5) is 0 Å². The van der Waals surface area contributed by atoms with Crippen LogP contribution in [0, 0.1) is 0 Å². The Kier molecular flexibility index (Phi) is 10.5. The summed E-state index contributed by atoms with van der Waals surface area (Å²) >= 11 is 11.2. The molecule has 3 aromatic carbocycles. The number of hydrogen-bond donors (Lipinski definition) is 4. The summed E-state index contributed by atoms with van der Waals surface area (Å²) < 4.78 is 17.0. The van der Waals surface area contributed by atoms with Crippen molar-refractivity contribution in [3.63, 3.8) is 0 Å². The fourth-order valence-electron chi connectivity index (χ4n) is 7.18. The normalized spacial score (nSPS) is 20.2. The molecule has 0 aromatic heterocycles. The van der Waals surface area contributed by atoms with Gasteiger partial charge >= 0.3 is 0 Å². The lowest BCUT2D eigenvalue weighted by Gasteiger charge is -2.35. The number of likely N-dealkylation sites (tertiary alicyclic amines) is 1. The maximum atomic E-state index is 14.1. The van der Waals surface area contributed by atoms with Gasteiger partial charge in [0.15, 0.2) is 0 Å². The number of nitrogens with zero attached hydrogens (tertiary/aromatic N) is 1. The molecule has 12 heteroatoms. The molecule has 260 valence electrons. The molecule has 10 nitrogen and oxygen atoms in total. The van der Waals surface area contributed by atoms with E-state index >= 15 is 0 Å². The summed E-state index contributed by atoms with van der Waals surface area (Å²) in [7, 11) is 4.60. The lowest BCUT2D eigenvalue weighted by Crippen LogP contribution is -2.46. The lowest BCUT2D eigenvalue weighted by molar-refractivity contribution is -0.117. The van der Waals surface area contributed by atoms with E-state index in [4.69, 9.17) is 38.6 Å². The lowest BCUT2D eigenvalue weighted by atomic mass is 9.75. The Morgan fingerprint density at radius 3 is 1.68 bits per heavy atom. The molecule has 0 unspecified atom stereocenters. The number of thiocarbonyl (C=S) groups is 2. The fraction of sp³-hybridized carbons (Fsp3) is 0.316. The number of benzene rings is 3. The number of nitrogens with one attached hydrogen (secondary N) is 2. The second-order valence-corrected chi connectivity index (χ2v) is 13.3. The molecule has 0 aliphatic carbocycles. The van der Waals surface area contributed by atoms with E-state index in [9.17, 15) is 19.8 Å². The van der Waals surface area contributed by atoms with E-state index < -0.39 is 29.6 Å². The predicted molar refractivity (Wildman–Crippen MR) is 197 cm³/mol. The van der Waals surface area contributed by atoms with Crippen molar-refractivity contribution in [3.8, 4) is 17.2 Å². The van der Waals surface area contributed by atoms with E-state index in [0.29, 0.717) is 40.5 Å². The molecule has 3 aliphatic rings. The topological polar surface area (TPSA) is 130 Å². The van der Waals surface area contributed by atoms with Crippen molar-refractivity contribution in [2.45, 2.75) is 43.6 Å². The maximum Gasteiger partial charge on any atom is 0.256 e. The van der Waals surface area contributed by atoms with E-state index in [-0.39, 0.29) is 32.6 Å². The predicted octanol–water partition coefficient (Wildman–Crippen LogP) is 5.89. The third kappa shape index (κ3) is 6.58. The van der Waals surface area contributed by atoms with Gasteiger partial charge in [0, 0.05) is 23.2 Å². The van der Waals surface area contributed by atoms with Crippen molar-refractivity contribution in [3.05, 3.63) is 112 Å². The summed E-state index contributed by atoms with van der Waals surface area (Å²) in [5, 5.41) is 29.9. The number of piperidine rings is 1. The first-order valence-electron chi connectivity index (χ1n) is 16.4. The minimum absolute atomic E-state index is 0.0689. The van der Waals surface area contributed by atoms with Crippen molar-refractivity contribution in [2.75, 3.05) is 34.4 Å². The van der Waals surface area contributed by atoms with Crippen molar-refractivity contribution < 1.29 is 34.0 Å². The highest BCUT2D eigenvalue weighted by molar-refractivity contribution is 7.80. The van der Waals surface area contributed by atoms with Crippen molar-refractivity contribution >= 4 is 46.2 Å². The molecule has 6 rings (SSSR count). The number of carbonyl (C=O) groups is 2. The van der Waals surface area contributed by atoms with Crippen molar-refractivity contribution in [1.29, 1.82) is 0 Å². The standard InChI is InChI=1S/C38H39N3O7S2/c1-46-25-16-15-21(19-22(25)20-41-17-9-4-10-18-41)28(31-33(42)29(37(49)39-35(31)44)23-11-5-7-13-26(23)47-2)32-34(43)30(38(50)40-36(32)45)24-12-6-8-14-27(24)48-3/h5-8,11-16,19,28-30,42-43H,4,9-10,17-18,20H2,1-3H3,(H,39,44,49)(H,40,45,50)/t29-,30-/m0/s1. The zero-order chi connectivity index (χ0) is 35.5. The highest BCUT2D eigenvalue weighted by Gasteiger charge is 2.46. The molecule has 0 bridgehead atoms. The Labute approximate surface area is 301 Å². The number of amides is 2. The number of hydrogen-bond acceptors (Lipinski definition) is 10. The fourth-order valence-corrected chi connectivity index (χ4v) is 7.84. The number of aliphatic hydroxyl groups is 2. The second kappa shape index (κ2) is 15.0. The molecular weight excluding hydrogens is 675 g/mol. The Morgan fingerprint density at radius 1 is 0.720 bits per heavy atom. The number of aliphatic hydroxyl groups excluding tert-OH is 2. The molecule has 0 spiro atoms. The smallest absolute Gasteiger partial charge is 0.256 e. The third-order valence-electron chi connectivity index (χ3n) is 9.54. The molecule has 0 radical (unpaired) electrons. The van der Waals surface area contributed by atoms with Crippen LogP contribution in [0.25, 0.3) is 0 Å². The van der Waals surface area contributed by atoms with Crippen LogP contribution in [-0.4, -0.2) is 71.3 Å². The van der Waals surface area contributed by atoms with Gasteiger partial charge in [0.25, 0.3) is 11.8 Å². The van der Waals surface area contributed by atoms with Crippen LogP contribution in [0.2, 0.25) is 0 Å². The largest absolute Gasteiger partial charge is 0.511 e. The average Bonchev–Trinajstić information content (AvgIpc) is 3.11. The molecule has 3 aromatic rings. The zero-order valence-electron chi connectivity index (χ0n) is 28.0. The van der Waals surface area contributed by atoms with E-state index in [1.165, 1.54) is 20.6 Å². The summed E-state index contributed by atoms with van der Waals surface area (Å²) in [4.78, 5) is 30.7. The first kappa shape index (κ1) is 35.1. The minimum Gasteiger partial charge on any atom is -0.511 e. The molecule has 0 saturated carbocycles. The van der Waals surface area contributed by atoms with E-state index in [1.54, 1.807) is 67.8 Å². The highest BCUT2D eigenvalue weighted by Crippen LogP contribution is 2.46. The quantitative estimate of drug-likeness (QED) is 0.189. The summed E-state index contributed by atoms with van der Waals surface area (Å²) in [6, 6.07) is 19.5. The van der Waals surface area contributed by atoms with Crippen LogP contribution in [-0.2, 0) is 16.1 Å². The van der Waals surface area contributed by atoms with Gasteiger partial charge in [-0.25, -0.2) is 0 Å². The van der Waals surface area contributed by atoms with E-state index in [1.807, 2.05) is 6.07 Å². The highest BCUT2D eigenvalue weighted by atomic mass is 32.1. The number of para-hydroxylation sites is 2. The van der Waals surface area contributed by atoms with Gasteiger partial charge in [-0.1, -0.05) is 73.3 Å². The number of carbonyl (C=O) groups excluding carboxylic acids is 2. The van der Waals surface area contributed by atoms with Gasteiger partial charge in [0.1, 0.15) is 28.8 Å². The van der Waals surface area contributed by atoms with Gasteiger partial charge in [0.2, 0.25) is 0 Å². The number of rotatable bonds is 10. The van der Waals surface area contributed by atoms with Crippen LogP contribution in [0.1, 0.15) is 59.3 Å². The van der Waals surface area contributed by atoms with Crippen LogP contribution in [0.3, 0.4) is 0 Å². The SMILES string of the molecule is COc1ccc(C(C2=C(O)[C@H](c3ccccc3OC)C(=S)NC2=O)C2=C(O)[C@H](c3ccccc3OC)C(=S)NC2=O)cc1CN1CCCCC1. The van der Waals surface area contributed by atoms with Crippen LogP contribution >= 0.6 is 24.4 Å². The van der Waals surface area contributed by atoms with Gasteiger partial charge in [-0.3, -0.25) is 14.5 Å². The van der Waals surface area contributed by atoms with Gasteiger partial charge in [0.05, 0.1) is 60.2 Å². The molecule has 2 amide bonds. The summed E-state index contributed by atoms with van der Waals surface area (Å²) in [5.74, 6) is -3.83. The van der Waals surface area contributed by atoms with Gasteiger partial charge in [-0.2, -0.15) is 0 Å². The van der Waals surface area contributed by atoms with E-state index in [0.717, 1.165) is 31.5 Å². The first-order chi connectivity index (χ1) is 24.2.